The van der Waals surface area contributed by atoms with Crippen molar-refractivity contribution in [3.63, 3.8) is 0 Å². The summed E-state index contributed by atoms with van der Waals surface area (Å²) < 4.78 is 4.97. The lowest BCUT2D eigenvalue weighted by atomic mass is 10.2. The summed E-state index contributed by atoms with van der Waals surface area (Å²) in [4.78, 5) is 29.4. The van der Waals surface area contributed by atoms with E-state index in [4.69, 9.17) is 27.9 Å². The molecule has 0 unspecified atom stereocenters. The Kier molecular flexibility index (Phi) is 4.83. The summed E-state index contributed by atoms with van der Waals surface area (Å²) >= 11 is 12.0. The molecule has 1 aliphatic rings. The van der Waals surface area contributed by atoms with Crippen LogP contribution < -0.4 is 0 Å². The third-order valence-electron chi connectivity index (χ3n) is 3.04. The third-order valence-corrected chi connectivity index (χ3v) is 3.82. The van der Waals surface area contributed by atoms with Crippen LogP contribution in [0.25, 0.3) is 0 Å². The van der Waals surface area contributed by atoms with Gasteiger partial charge in [-0.3, -0.25) is 9.78 Å². The molecule has 0 radical (unpaired) electrons. The van der Waals surface area contributed by atoms with Gasteiger partial charge in [0.05, 0.1) is 28.9 Å². The van der Waals surface area contributed by atoms with Gasteiger partial charge in [-0.1, -0.05) is 23.2 Å². The molecule has 1 amide bonds. The van der Waals surface area contributed by atoms with Gasteiger partial charge in [0.15, 0.2) is 0 Å². The van der Waals surface area contributed by atoms with E-state index in [1.165, 1.54) is 6.20 Å². The van der Waals surface area contributed by atoms with Gasteiger partial charge in [0.1, 0.15) is 5.56 Å². The summed E-state index contributed by atoms with van der Waals surface area (Å²) in [6.45, 7) is 2.82. The van der Waals surface area contributed by atoms with Crippen LogP contribution in [-0.4, -0.2) is 34.9 Å². The monoisotopic (exact) mass is 316 g/mol. The van der Waals surface area contributed by atoms with Crippen molar-refractivity contribution in [2.45, 2.75) is 26.3 Å². The molecule has 1 aromatic rings. The number of hydrogen-bond donors (Lipinski definition) is 0. The number of nitrogens with zero attached hydrogens (tertiary/aromatic N) is 2. The molecule has 2 heterocycles. The number of likely N-dealkylation sites (tertiary alicyclic amines) is 1. The summed E-state index contributed by atoms with van der Waals surface area (Å²) in [6.07, 6.45) is 2.72. The maximum Gasteiger partial charge on any atom is 0.341 e. The van der Waals surface area contributed by atoms with E-state index in [1.54, 1.807) is 11.8 Å². The van der Waals surface area contributed by atoms with E-state index >= 15 is 0 Å². The zero-order valence-corrected chi connectivity index (χ0v) is 12.5. The zero-order chi connectivity index (χ0) is 14.7. The standard InChI is InChI=1S/C13H14Cl2N2O3/c1-2-20-13(19)11-9(16-6-8(14)12(11)15)7-17-5-3-4-10(17)18/h6H,2-5,7H2,1H3. The zero-order valence-electron chi connectivity index (χ0n) is 11.0. The molecule has 1 saturated heterocycles. The molecule has 108 valence electrons. The molecule has 0 aliphatic carbocycles. The van der Waals surface area contributed by atoms with Gasteiger partial charge >= 0.3 is 5.97 Å². The van der Waals surface area contributed by atoms with Crippen LogP contribution in [0.3, 0.4) is 0 Å². The fourth-order valence-corrected chi connectivity index (χ4v) is 2.46. The molecule has 7 heteroatoms. The summed E-state index contributed by atoms with van der Waals surface area (Å²) in [5, 5.41) is 0.299. The minimum absolute atomic E-state index is 0.0488. The molecular formula is C13H14Cl2N2O3. The number of pyridine rings is 1. The van der Waals surface area contributed by atoms with Crippen LogP contribution in [0.5, 0.6) is 0 Å². The van der Waals surface area contributed by atoms with Crippen molar-refractivity contribution in [3.8, 4) is 0 Å². The Balaban J connectivity index is 2.34. The van der Waals surface area contributed by atoms with Crippen molar-refractivity contribution in [3.05, 3.63) is 27.5 Å². The molecular weight excluding hydrogens is 303 g/mol. The maximum absolute atomic E-state index is 12.0. The molecule has 1 fully saturated rings. The average Bonchev–Trinajstić information content (AvgIpc) is 2.80. The fourth-order valence-electron chi connectivity index (χ4n) is 2.08. The molecule has 5 nitrogen and oxygen atoms in total. The number of hydrogen-bond acceptors (Lipinski definition) is 4. The second-order valence-electron chi connectivity index (χ2n) is 4.38. The lowest BCUT2D eigenvalue weighted by Gasteiger charge is -2.17. The van der Waals surface area contributed by atoms with Crippen LogP contribution >= 0.6 is 23.2 Å². The summed E-state index contributed by atoms with van der Waals surface area (Å²) in [6, 6.07) is 0. The third kappa shape index (κ3) is 3.04. The van der Waals surface area contributed by atoms with Crippen molar-refractivity contribution >= 4 is 35.1 Å². The van der Waals surface area contributed by atoms with Gasteiger partial charge in [0.25, 0.3) is 0 Å². The van der Waals surface area contributed by atoms with Crippen molar-refractivity contribution in [1.29, 1.82) is 0 Å². The van der Waals surface area contributed by atoms with Crippen LogP contribution in [0.1, 0.15) is 35.8 Å². The van der Waals surface area contributed by atoms with Gasteiger partial charge in [0, 0.05) is 19.2 Å². The smallest absolute Gasteiger partial charge is 0.341 e. The van der Waals surface area contributed by atoms with Gasteiger partial charge in [-0.15, -0.1) is 0 Å². The quantitative estimate of drug-likeness (QED) is 0.801. The highest BCUT2D eigenvalue weighted by atomic mass is 35.5. The molecule has 1 aliphatic heterocycles. The SMILES string of the molecule is CCOC(=O)c1c(CN2CCCC2=O)ncc(Cl)c1Cl. The Labute approximate surface area is 126 Å². The van der Waals surface area contributed by atoms with Gasteiger partial charge in [-0.2, -0.15) is 0 Å². The number of amides is 1. The normalized spacial score (nSPS) is 14.8. The molecule has 1 aromatic heterocycles. The number of ether oxygens (including phenoxy) is 1. The lowest BCUT2D eigenvalue weighted by molar-refractivity contribution is -0.128. The van der Waals surface area contributed by atoms with Gasteiger partial charge in [-0.05, 0) is 13.3 Å². The highest BCUT2D eigenvalue weighted by molar-refractivity contribution is 6.43. The van der Waals surface area contributed by atoms with Crippen molar-refractivity contribution < 1.29 is 14.3 Å². The maximum atomic E-state index is 12.0. The van der Waals surface area contributed by atoms with Crippen LogP contribution in [-0.2, 0) is 16.1 Å². The highest BCUT2D eigenvalue weighted by Crippen LogP contribution is 2.29. The summed E-state index contributed by atoms with van der Waals surface area (Å²) in [5.74, 6) is -0.526. The second kappa shape index (κ2) is 6.41. The molecule has 0 spiro atoms. The molecule has 20 heavy (non-hydrogen) atoms. The van der Waals surface area contributed by atoms with Gasteiger partial charge in [-0.25, -0.2) is 4.79 Å². The first-order chi connectivity index (χ1) is 9.54. The van der Waals surface area contributed by atoms with E-state index < -0.39 is 5.97 Å². The fraction of sp³-hybridized carbons (Fsp3) is 0.462. The van der Waals surface area contributed by atoms with E-state index in [0.717, 1.165) is 6.42 Å². The number of carbonyl (C=O) groups is 2. The van der Waals surface area contributed by atoms with E-state index in [2.05, 4.69) is 4.98 Å². The minimum Gasteiger partial charge on any atom is -0.462 e. The Hall–Kier alpha value is -1.33. The molecule has 0 atom stereocenters. The Morgan fingerprint density at radius 3 is 2.85 bits per heavy atom. The van der Waals surface area contributed by atoms with Crippen molar-refractivity contribution in [2.24, 2.45) is 0 Å². The molecule has 0 bridgehead atoms. The van der Waals surface area contributed by atoms with Gasteiger partial charge in [0.2, 0.25) is 5.91 Å². The number of aromatic nitrogens is 1. The highest BCUT2D eigenvalue weighted by Gasteiger charge is 2.26. The van der Waals surface area contributed by atoms with Crippen LogP contribution in [0.4, 0.5) is 0 Å². The average molecular weight is 317 g/mol. The van der Waals surface area contributed by atoms with Crippen molar-refractivity contribution in [2.75, 3.05) is 13.2 Å². The number of carbonyl (C=O) groups excluding carboxylic acids is 2. The van der Waals surface area contributed by atoms with Crippen LogP contribution in [0, 0.1) is 0 Å². The van der Waals surface area contributed by atoms with E-state index in [0.29, 0.717) is 18.7 Å². The molecule has 0 N–H and O–H groups in total. The first kappa shape index (κ1) is 15.1. The number of halogens is 2. The number of esters is 1. The van der Waals surface area contributed by atoms with E-state index in [9.17, 15) is 9.59 Å². The minimum atomic E-state index is -0.575. The topological polar surface area (TPSA) is 59.5 Å². The molecule has 2 rings (SSSR count). The Morgan fingerprint density at radius 2 is 2.25 bits per heavy atom. The Morgan fingerprint density at radius 1 is 1.50 bits per heavy atom. The molecule has 0 aromatic carbocycles. The summed E-state index contributed by atoms with van der Waals surface area (Å²) in [7, 11) is 0. The van der Waals surface area contributed by atoms with E-state index in [1.807, 2.05) is 0 Å². The second-order valence-corrected chi connectivity index (χ2v) is 5.17. The predicted octanol–water partition coefficient (Wildman–Crippen LogP) is 2.69. The van der Waals surface area contributed by atoms with E-state index in [-0.39, 0.29) is 34.7 Å². The first-order valence-corrected chi connectivity index (χ1v) is 7.08. The summed E-state index contributed by atoms with van der Waals surface area (Å²) in [5.41, 5.74) is 0.550. The Bertz CT molecular complexity index is 549. The first-order valence-electron chi connectivity index (χ1n) is 6.32. The lowest BCUT2D eigenvalue weighted by Crippen LogP contribution is -2.26. The van der Waals surface area contributed by atoms with Crippen LogP contribution in [0.2, 0.25) is 10.0 Å². The van der Waals surface area contributed by atoms with Gasteiger partial charge < -0.3 is 9.64 Å². The number of rotatable bonds is 4. The predicted molar refractivity (Wildman–Crippen MR) is 74.9 cm³/mol. The van der Waals surface area contributed by atoms with Crippen molar-refractivity contribution in [1.82, 2.24) is 9.88 Å². The largest absolute Gasteiger partial charge is 0.462 e. The van der Waals surface area contributed by atoms with Crippen LogP contribution in [0.15, 0.2) is 6.20 Å². The molecule has 0 saturated carbocycles.